The molecule has 2 rings (SSSR count). The summed E-state index contributed by atoms with van der Waals surface area (Å²) in [4.78, 5) is 4.21. The average Bonchev–Trinajstić information content (AvgIpc) is 2.29. The number of nitrogens with zero attached hydrogens (tertiary/aromatic N) is 1. The van der Waals surface area contributed by atoms with E-state index in [-0.39, 0.29) is 0 Å². The van der Waals surface area contributed by atoms with Gasteiger partial charge in [-0.2, -0.15) is 0 Å². The fourth-order valence-electron chi connectivity index (χ4n) is 1.62. The first-order valence-electron chi connectivity index (χ1n) is 5.27. The lowest BCUT2D eigenvalue weighted by Gasteiger charge is -2.21. The lowest BCUT2D eigenvalue weighted by Crippen LogP contribution is -2.21. The third kappa shape index (κ3) is 3.43. The molecule has 1 aliphatic heterocycles. The van der Waals surface area contributed by atoms with Gasteiger partial charge in [-0.3, -0.25) is 0 Å². The lowest BCUT2D eigenvalue weighted by molar-refractivity contribution is 0.0489. The van der Waals surface area contributed by atoms with E-state index in [4.69, 9.17) is 9.47 Å². The Kier molecular flexibility index (Phi) is 4.61. The molecule has 0 aromatic carbocycles. The van der Waals surface area contributed by atoms with Gasteiger partial charge in [-0.05, 0) is 56.7 Å². The zero-order chi connectivity index (χ0) is 11.4. The van der Waals surface area contributed by atoms with E-state index in [0.717, 1.165) is 41.6 Å². The van der Waals surface area contributed by atoms with Crippen LogP contribution in [0.5, 0.6) is 5.88 Å². The molecule has 0 atom stereocenters. The summed E-state index contributed by atoms with van der Waals surface area (Å²) in [5.41, 5.74) is 0. The van der Waals surface area contributed by atoms with Crippen LogP contribution in [0.4, 0.5) is 0 Å². The SMILES string of the molecule is Brc1cnc(OCC2CCOCC2)c(Br)c1. The minimum Gasteiger partial charge on any atom is -0.477 e. The van der Waals surface area contributed by atoms with E-state index in [1.807, 2.05) is 6.07 Å². The summed E-state index contributed by atoms with van der Waals surface area (Å²) in [6.45, 7) is 2.42. The van der Waals surface area contributed by atoms with E-state index in [0.29, 0.717) is 11.8 Å². The first kappa shape index (κ1) is 12.3. The number of pyridine rings is 1. The predicted octanol–water partition coefficient (Wildman–Crippen LogP) is 3.41. The van der Waals surface area contributed by atoms with Gasteiger partial charge in [0.2, 0.25) is 5.88 Å². The fraction of sp³-hybridized carbons (Fsp3) is 0.545. The van der Waals surface area contributed by atoms with Crippen molar-refractivity contribution in [1.29, 1.82) is 0 Å². The summed E-state index contributed by atoms with van der Waals surface area (Å²) in [6, 6.07) is 1.94. The van der Waals surface area contributed by atoms with E-state index in [9.17, 15) is 0 Å². The highest BCUT2D eigenvalue weighted by atomic mass is 79.9. The number of rotatable bonds is 3. The molecule has 0 unspecified atom stereocenters. The summed E-state index contributed by atoms with van der Waals surface area (Å²) in [7, 11) is 0. The molecule has 2 heterocycles. The van der Waals surface area contributed by atoms with Crippen molar-refractivity contribution in [1.82, 2.24) is 4.98 Å². The van der Waals surface area contributed by atoms with E-state index in [2.05, 4.69) is 36.8 Å². The third-order valence-corrected chi connectivity index (χ3v) is 3.57. The molecule has 1 saturated heterocycles. The van der Waals surface area contributed by atoms with Gasteiger partial charge in [0.05, 0.1) is 11.1 Å². The Bertz CT molecular complexity index is 354. The second kappa shape index (κ2) is 5.98. The van der Waals surface area contributed by atoms with Crippen molar-refractivity contribution in [2.75, 3.05) is 19.8 Å². The second-order valence-corrected chi connectivity index (χ2v) is 5.58. The van der Waals surface area contributed by atoms with Crippen LogP contribution in [-0.2, 0) is 4.74 Å². The maximum Gasteiger partial charge on any atom is 0.228 e. The van der Waals surface area contributed by atoms with Crippen LogP contribution in [0.25, 0.3) is 0 Å². The molecule has 1 aromatic heterocycles. The van der Waals surface area contributed by atoms with Crippen LogP contribution in [0.1, 0.15) is 12.8 Å². The van der Waals surface area contributed by atoms with Crippen molar-refractivity contribution in [3.8, 4) is 5.88 Å². The summed E-state index contributed by atoms with van der Waals surface area (Å²) in [6.07, 6.45) is 3.90. The molecule has 0 saturated carbocycles. The standard InChI is InChI=1S/C11H13Br2NO2/c12-9-5-10(13)11(14-6-9)16-7-8-1-3-15-4-2-8/h5-6,8H,1-4,7H2. The molecule has 0 radical (unpaired) electrons. The molecule has 16 heavy (non-hydrogen) atoms. The highest BCUT2D eigenvalue weighted by Gasteiger charge is 2.15. The van der Waals surface area contributed by atoms with E-state index >= 15 is 0 Å². The lowest BCUT2D eigenvalue weighted by atomic mass is 10.0. The summed E-state index contributed by atoms with van der Waals surface area (Å²) in [5.74, 6) is 1.25. The van der Waals surface area contributed by atoms with Crippen LogP contribution in [-0.4, -0.2) is 24.8 Å². The molecule has 5 heteroatoms. The van der Waals surface area contributed by atoms with Crippen molar-refractivity contribution in [2.45, 2.75) is 12.8 Å². The van der Waals surface area contributed by atoms with Gasteiger partial charge in [0.25, 0.3) is 0 Å². The normalized spacial score (nSPS) is 17.4. The topological polar surface area (TPSA) is 31.4 Å². The van der Waals surface area contributed by atoms with Crippen LogP contribution >= 0.6 is 31.9 Å². The van der Waals surface area contributed by atoms with Gasteiger partial charge in [-0.15, -0.1) is 0 Å². The van der Waals surface area contributed by atoms with Crippen LogP contribution in [0.15, 0.2) is 21.2 Å². The summed E-state index contributed by atoms with van der Waals surface area (Å²) in [5, 5.41) is 0. The molecule has 0 aliphatic carbocycles. The Morgan fingerprint density at radius 3 is 2.81 bits per heavy atom. The van der Waals surface area contributed by atoms with Crippen molar-refractivity contribution < 1.29 is 9.47 Å². The molecule has 88 valence electrons. The highest BCUT2D eigenvalue weighted by Crippen LogP contribution is 2.26. The minimum absolute atomic E-state index is 0.589. The Morgan fingerprint density at radius 1 is 1.38 bits per heavy atom. The molecular formula is C11H13Br2NO2. The van der Waals surface area contributed by atoms with Gasteiger partial charge in [0, 0.05) is 23.9 Å². The molecule has 1 aliphatic rings. The predicted molar refractivity (Wildman–Crippen MR) is 68.7 cm³/mol. The number of halogens is 2. The highest BCUT2D eigenvalue weighted by molar-refractivity contribution is 9.11. The number of ether oxygens (including phenoxy) is 2. The molecule has 0 spiro atoms. The second-order valence-electron chi connectivity index (χ2n) is 3.81. The summed E-state index contributed by atoms with van der Waals surface area (Å²) < 4.78 is 12.8. The Hall–Kier alpha value is -0.130. The Balaban J connectivity index is 1.88. The van der Waals surface area contributed by atoms with Gasteiger partial charge in [-0.1, -0.05) is 0 Å². The van der Waals surface area contributed by atoms with Crippen molar-refractivity contribution >= 4 is 31.9 Å². The number of hydrogen-bond acceptors (Lipinski definition) is 3. The van der Waals surface area contributed by atoms with E-state index < -0.39 is 0 Å². The molecule has 0 N–H and O–H groups in total. The smallest absolute Gasteiger partial charge is 0.228 e. The monoisotopic (exact) mass is 349 g/mol. The maximum atomic E-state index is 5.70. The molecule has 1 fully saturated rings. The molecule has 0 bridgehead atoms. The van der Waals surface area contributed by atoms with Gasteiger partial charge in [-0.25, -0.2) is 4.98 Å². The molecule has 1 aromatic rings. The first-order valence-corrected chi connectivity index (χ1v) is 6.86. The van der Waals surface area contributed by atoms with Crippen molar-refractivity contribution in [3.63, 3.8) is 0 Å². The maximum absolute atomic E-state index is 5.70. The van der Waals surface area contributed by atoms with Crippen molar-refractivity contribution in [3.05, 3.63) is 21.2 Å². The molecule has 0 amide bonds. The van der Waals surface area contributed by atoms with Crippen LogP contribution in [0.3, 0.4) is 0 Å². The van der Waals surface area contributed by atoms with Crippen LogP contribution < -0.4 is 4.74 Å². The van der Waals surface area contributed by atoms with Crippen molar-refractivity contribution in [2.24, 2.45) is 5.92 Å². The van der Waals surface area contributed by atoms with Gasteiger partial charge in [0.1, 0.15) is 0 Å². The number of aromatic nitrogens is 1. The summed E-state index contributed by atoms with van der Waals surface area (Å²) >= 11 is 6.79. The van der Waals surface area contributed by atoms with Crippen LogP contribution in [0.2, 0.25) is 0 Å². The van der Waals surface area contributed by atoms with Gasteiger partial charge in [0.15, 0.2) is 0 Å². The number of hydrogen-bond donors (Lipinski definition) is 0. The van der Waals surface area contributed by atoms with Gasteiger partial charge < -0.3 is 9.47 Å². The Morgan fingerprint density at radius 2 is 2.12 bits per heavy atom. The zero-order valence-electron chi connectivity index (χ0n) is 8.79. The molecule has 3 nitrogen and oxygen atoms in total. The first-order chi connectivity index (χ1) is 7.75. The van der Waals surface area contributed by atoms with E-state index in [1.165, 1.54) is 0 Å². The average molecular weight is 351 g/mol. The Labute approximate surface area is 112 Å². The quantitative estimate of drug-likeness (QED) is 0.837. The zero-order valence-corrected chi connectivity index (χ0v) is 12.0. The third-order valence-electron chi connectivity index (χ3n) is 2.57. The van der Waals surface area contributed by atoms with E-state index in [1.54, 1.807) is 6.20 Å². The van der Waals surface area contributed by atoms with Gasteiger partial charge >= 0.3 is 0 Å². The fourth-order valence-corrected chi connectivity index (χ4v) is 2.72. The minimum atomic E-state index is 0.589. The largest absolute Gasteiger partial charge is 0.477 e. The molecular weight excluding hydrogens is 338 g/mol. The van der Waals surface area contributed by atoms with Crippen LogP contribution in [0, 0.1) is 5.92 Å².